The minimum Gasteiger partial charge on any atom is -0.391 e. The van der Waals surface area contributed by atoms with Crippen molar-refractivity contribution in [1.29, 1.82) is 0 Å². The zero-order chi connectivity index (χ0) is 14.0. The molecule has 8 heteroatoms. The van der Waals surface area contributed by atoms with Crippen molar-refractivity contribution in [2.45, 2.75) is 55.8 Å². The highest BCUT2D eigenvalue weighted by Gasteiger charge is 2.45. The Balaban J connectivity index is 2.69. The van der Waals surface area contributed by atoms with Gasteiger partial charge in [-0.25, -0.2) is 0 Å². The van der Waals surface area contributed by atoms with Crippen LogP contribution >= 0.6 is 0 Å². The van der Waals surface area contributed by atoms with Gasteiger partial charge in [-0.05, 0) is 6.92 Å². The number of rotatable bonds is 4. The minimum absolute atomic E-state index is 0.812. The fourth-order valence-corrected chi connectivity index (χ4v) is 1.69. The van der Waals surface area contributed by atoms with E-state index in [1.807, 2.05) is 0 Å². The van der Waals surface area contributed by atoms with Crippen molar-refractivity contribution in [2.75, 3.05) is 0 Å². The molecule has 1 heterocycles. The Morgan fingerprint density at radius 2 is 1.50 bits per heavy atom. The molecular formula is C10H19O8. The highest BCUT2D eigenvalue weighted by Crippen LogP contribution is 2.23. The number of hydrogen-bond acceptors (Lipinski definition) is 8. The van der Waals surface area contributed by atoms with Gasteiger partial charge in [0.15, 0.2) is 0 Å². The van der Waals surface area contributed by atoms with E-state index in [1.54, 1.807) is 0 Å². The summed E-state index contributed by atoms with van der Waals surface area (Å²) in [6, 6.07) is 0. The smallest absolute Gasteiger partial charge is 0.115 e. The summed E-state index contributed by atoms with van der Waals surface area (Å²) in [7, 11) is 0. The average Bonchev–Trinajstić information content (AvgIpc) is 2.33. The summed E-state index contributed by atoms with van der Waals surface area (Å²) in [5.41, 5.74) is 0. The van der Waals surface area contributed by atoms with Crippen LogP contribution in [0.15, 0.2) is 0 Å². The normalized spacial score (nSPS) is 40.0. The lowest BCUT2D eigenvalue weighted by molar-refractivity contribution is -0.212. The van der Waals surface area contributed by atoms with Crippen LogP contribution in [-0.4, -0.2) is 84.6 Å². The Hall–Kier alpha value is -0.320. The summed E-state index contributed by atoms with van der Waals surface area (Å²) in [5.74, 6) is 0. The maximum atomic E-state index is 9.72. The van der Waals surface area contributed by atoms with E-state index in [4.69, 9.17) is 14.9 Å². The minimum atomic E-state index is -1.78. The number of aliphatic hydroxyl groups is 7. The summed E-state index contributed by atoms with van der Waals surface area (Å²) < 4.78 is 4.80. The van der Waals surface area contributed by atoms with Crippen LogP contribution in [0.25, 0.3) is 0 Å². The molecule has 8 nitrogen and oxygen atoms in total. The van der Waals surface area contributed by atoms with E-state index >= 15 is 0 Å². The van der Waals surface area contributed by atoms with Gasteiger partial charge in [-0.15, -0.1) is 0 Å². The average molecular weight is 267 g/mol. The van der Waals surface area contributed by atoms with Crippen molar-refractivity contribution in [3.05, 3.63) is 6.61 Å². The van der Waals surface area contributed by atoms with Gasteiger partial charge >= 0.3 is 0 Å². The first-order chi connectivity index (χ1) is 8.27. The van der Waals surface area contributed by atoms with E-state index in [9.17, 15) is 25.5 Å². The molecule has 0 amide bonds. The summed E-state index contributed by atoms with van der Waals surface area (Å²) in [4.78, 5) is 0. The Labute approximate surface area is 104 Å². The predicted molar refractivity (Wildman–Crippen MR) is 56.9 cm³/mol. The molecule has 0 saturated carbocycles. The highest BCUT2D eigenvalue weighted by molar-refractivity contribution is 4.97. The summed E-state index contributed by atoms with van der Waals surface area (Å²) in [6.45, 7) is 2.02. The SMILES string of the molecule is C[C@@H](O)[C@@H](O)[C@H](O)[C@@H](O)[C@H]1O[CH][C@H](O)[C@@H](O)[C@@H]1O. The molecule has 1 saturated heterocycles. The summed E-state index contributed by atoms with van der Waals surface area (Å²) in [6.07, 6.45) is -12.5. The molecule has 0 unspecified atom stereocenters. The molecule has 8 atom stereocenters. The lowest BCUT2D eigenvalue weighted by Crippen LogP contribution is -2.59. The van der Waals surface area contributed by atoms with Crippen LogP contribution in [0.5, 0.6) is 0 Å². The molecule has 7 N–H and O–H groups in total. The van der Waals surface area contributed by atoms with E-state index in [0.29, 0.717) is 0 Å². The Bertz CT molecular complexity index is 260. The van der Waals surface area contributed by atoms with Gasteiger partial charge in [0.1, 0.15) is 49.3 Å². The molecule has 0 aromatic heterocycles. The van der Waals surface area contributed by atoms with Gasteiger partial charge in [-0.3, -0.25) is 0 Å². The monoisotopic (exact) mass is 267 g/mol. The summed E-state index contributed by atoms with van der Waals surface area (Å²) >= 11 is 0. The zero-order valence-electron chi connectivity index (χ0n) is 9.73. The van der Waals surface area contributed by atoms with Crippen LogP contribution in [0.2, 0.25) is 0 Å². The molecule has 1 aliphatic heterocycles. The topological polar surface area (TPSA) is 151 Å². The van der Waals surface area contributed by atoms with E-state index in [2.05, 4.69) is 0 Å². The number of aliphatic hydroxyl groups excluding tert-OH is 7. The standard InChI is InChI=1S/C10H19O8/c1-3(11)5(13)7(15)9(17)10-8(16)6(14)4(12)2-18-10/h2-17H,1H3/t3-,4+,5-,6-,7+,8+,9-,10+/m1/s1. The second kappa shape index (κ2) is 6.22. The molecule has 1 aliphatic rings. The number of hydrogen-bond donors (Lipinski definition) is 7. The van der Waals surface area contributed by atoms with Gasteiger partial charge < -0.3 is 40.5 Å². The van der Waals surface area contributed by atoms with Crippen LogP contribution in [-0.2, 0) is 4.74 Å². The molecule has 0 aromatic carbocycles. The highest BCUT2D eigenvalue weighted by atomic mass is 16.5. The molecule has 18 heavy (non-hydrogen) atoms. The van der Waals surface area contributed by atoms with Crippen molar-refractivity contribution in [3.8, 4) is 0 Å². The lowest BCUT2D eigenvalue weighted by Gasteiger charge is -2.39. The Kier molecular flexibility index (Phi) is 5.44. The molecule has 1 radical (unpaired) electrons. The van der Waals surface area contributed by atoms with E-state index in [1.165, 1.54) is 6.92 Å². The largest absolute Gasteiger partial charge is 0.391 e. The third-order valence-electron chi connectivity index (χ3n) is 2.94. The van der Waals surface area contributed by atoms with Crippen LogP contribution in [0.3, 0.4) is 0 Å². The Morgan fingerprint density at radius 3 is 2.00 bits per heavy atom. The molecule has 0 bridgehead atoms. The maximum absolute atomic E-state index is 9.72. The first-order valence-corrected chi connectivity index (χ1v) is 5.52. The molecule has 0 aliphatic carbocycles. The van der Waals surface area contributed by atoms with Crippen molar-refractivity contribution < 1.29 is 40.5 Å². The first kappa shape index (κ1) is 15.7. The Morgan fingerprint density at radius 1 is 0.944 bits per heavy atom. The van der Waals surface area contributed by atoms with Crippen LogP contribution in [0.1, 0.15) is 6.92 Å². The van der Waals surface area contributed by atoms with Gasteiger partial charge in [-0.1, -0.05) is 0 Å². The quantitative estimate of drug-likeness (QED) is 0.273. The van der Waals surface area contributed by atoms with Gasteiger partial charge in [-0.2, -0.15) is 0 Å². The van der Waals surface area contributed by atoms with Crippen LogP contribution < -0.4 is 0 Å². The van der Waals surface area contributed by atoms with E-state index in [0.717, 1.165) is 6.61 Å². The van der Waals surface area contributed by atoms with Crippen LogP contribution in [0.4, 0.5) is 0 Å². The molecular weight excluding hydrogens is 248 g/mol. The van der Waals surface area contributed by atoms with Crippen molar-refractivity contribution in [2.24, 2.45) is 0 Å². The second-order valence-corrected chi connectivity index (χ2v) is 4.42. The lowest BCUT2D eigenvalue weighted by atomic mass is 9.91. The van der Waals surface area contributed by atoms with Gasteiger partial charge in [0, 0.05) is 0 Å². The third kappa shape index (κ3) is 3.16. The summed E-state index contributed by atoms with van der Waals surface area (Å²) in [5, 5.41) is 65.9. The third-order valence-corrected chi connectivity index (χ3v) is 2.94. The van der Waals surface area contributed by atoms with Crippen molar-refractivity contribution in [3.63, 3.8) is 0 Å². The fourth-order valence-electron chi connectivity index (χ4n) is 1.69. The number of ether oxygens (including phenoxy) is 1. The van der Waals surface area contributed by atoms with Gasteiger partial charge in [0.25, 0.3) is 0 Å². The van der Waals surface area contributed by atoms with Gasteiger partial charge in [0.05, 0.1) is 6.10 Å². The van der Waals surface area contributed by atoms with Crippen LogP contribution in [0, 0.1) is 6.61 Å². The second-order valence-electron chi connectivity index (χ2n) is 4.42. The van der Waals surface area contributed by atoms with E-state index < -0.39 is 48.8 Å². The molecule has 1 rings (SSSR count). The zero-order valence-corrected chi connectivity index (χ0v) is 9.73. The maximum Gasteiger partial charge on any atom is 0.115 e. The van der Waals surface area contributed by atoms with E-state index in [-0.39, 0.29) is 0 Å². The molecule has 0 aromatic rings. The fraction of sp³-hybridized carbons (Fsp3) is 0.900. The van der Waals surface area contributed by atoms with Crippen molar-refractivity contribution >= 4 is 0 Å². The first-order valence-electron chi connectivity index (χ1n) is 5.52. The molecule has 1 fully saturated rings. The molecule has 107 valence electrons. The van der Waals surface area contributed by atoms with Gasteiger partial charge in [0.2, 0.25) is 0 Å². The predicted octanol–water partition coefficient (Wildman–Crippen LogP) is -3.91. The van der Waals surface area contributed by atoms with Crippen molar-refractivity contribution in [1.82, 2.24) is 0 Å². The molecule has 0 spiro atoms.